The zero-order chi connectivity index (χ0) is 20.3. The van der Waals surface area contributed by atoms with E-state index in [0.29, 0.717) is 0 Å². The van der Waals surface area contributed by atoms with Crippen LogP contribution in [0.5, 0.6) is 0 Å². The summed E-state index contributed by atoms with van der Waals surface area (Å²) in [6.07, 6.45) is 7.75. The average molecular weight is 414 g/mol. The number of rotatable bonds is 8. The third kappa shape index (κ3) is 3.61. The third-order valence-corrected chi connectivity index (χ3v) is 6.81. The SMILES string of the molecule is CCCCCCCCn1c2cc(-c3cccs3)ccc2c2nc3ccccc3nc21. The maximum absolute atomic E-state index is 5.04. The predicted octanol–water partition coefficient (Wildman–Crippen LogP) is 7.83. The van der Waals surface area contributed by atoms with E-state index in [0.717, 1.165) is 28.7 Å². The standard InChI is InChI=1S/C26H27N3S/c1-2-3-4-5-6-9-16-29-23-18-19(24-13-10-17-30-24)14-15-20(23)25-26(29)28-22-12-8-7-11-21(22)27-25/h7-8,10-15,17-18H,2-6,9,16H2,1H3. The van der Waals surface area contributed by atoms with Gasteiger partial charge in [-0.05, 0) is 47.7 Å². The first-order chi connectivity index (χ1) is 14.8. The van der Waals surface area contributed by atoms with Gasteiger partial charge in [0.1, 0.15) is 5.52 Å². The van der Waals surface area contributed by atoms with Crippen LogP contribution in [0.15, 0.2) is 60.0 Å². The molecular weight excluding hydrogens is 386 g/mol. The molecule has 3 aromatic heterocycles. The monoisotopic (exact) mass is 413 g/mol. The fourth-order valence-electron chi connectivity index (χ4n) is 4.30. The van der Waals surface area contributed by atoms with Crippen LogP contribution in [-0.4, -0.2) is 14.5 Å². The maximum atomic E-state index is 5.04. The second-order valence-corrected chi connectivity index (χ2v) is 8.96. The van der Waals surface area contributed by atoms with Crippen LogP contribution in [0.2, 0.25) is 0 Å². The van der Waals surface area contributed by atoms with E-state index in [2.05, 4.69) is 59.3 Å². The number of benzene rings is 2. The lowest BCUT2D eigenvalue weighted by Gasteiger charge is -2.08. The molecule has 0 saturated carbocycles. The van der Waals surface area contributed by atoms with Gasteiger partial charge in [-0.2, -0.15) is 0 Å². The molecule has 0 amide bonds. The summed E-state index contributed by atoms with van der Waals surface area (Å²) in [7, 11) is 0. The number of para-hydroxylation sites is 2. The summed E-state index contributed by atoms with van der Waals surface area (Å²) in [5, 5.41) is 3.34. The molecule has 0 aliphatic carbocycles. The van der Waals surface area contributed by atoms with Crippen LogP contribution in [0.1, 0.15) is 45.4 Å². The van der Waals surface area contributed by atoms with Crippen molar-refractivity contribution < 1.29 is 0 Å². The normalized spacial score (nSPS) is 11.8. The van der Waals surface area contributed by atoms with Crippen molar-refractivity contribution in [2.24, 2.45) is 0 Å². The van der Waals surface area contributed by atoms with E-state index < -0.39 is 0 Å². The first-order valence-electron chi connectivity index (χ1n) is 11.1. The summed E-state index contributed by atoms with van der Waals surface area (Å²) in [5.74, 6) is 0. The van der Waals surface area contributed by atoms with Gasteiger partial charge < -0.3 is 4.57 Å². The van der Waals surface area contributed by atoms with E-state index in [1.165, 1.54) is 59.9 Å². The molecule has 0 radical (unpaired) electrons. The molecule has 2 aromatic carbocycles. The second kappa shape index (κ2) is 8.57. The summed E-state index contributed by atoms with van der Waals surface area (Å²) >= 11 is 1.79. The topological polar surface area (TPSA) is 30.7 Å². The Labute approximate surface area is 181 Å². The average Bonchev–Trinajstić information content (AvgIpc) is 3.41. The fourth-order valence-corrected chi connectivity index (χ4v) is 5.03. The molecule has 3 nitrogen and oxygen atoms in total. The summed E-state index contributed by atoms with van der Waals surface area (Å²) in [6.45, 7) is 3.26. The van der Waals surface area contributed by atoms with Gasteiger partial charge in [0.25, 0.3) is 0 Å². The van der Waals surface area contributed by atoms with Crippen molar-refractivity contribution in [3.05, 3.63) is 60.0 Å². The lowest BCUT2D eigenvalue weighted by Crippen LogP contribution is -2.00. The summed E-state index contributed by atoms with van der Waals surface area (Å²) in [6, 6.07) is 19.3. The molecule has 30 heavy (non-hydrogen) atoms. The number of hydrogen-bond acceptors (Lipinski definition) is 3. The summed E-state index contributed by atoms with van der Waals surface area (Å²) in [5.41, 5.74) is 6.49. The van der Waals surface area contributed by atoms with Gasteiger partial charge in [0.15, 0.2) is 5.65 Å². The minimum Gasteiger partial charge on any atom is -0.324 e. The van der Waals surface area contributed by atoms with Crippen LogP contribution in [0.3, 0.4) is 0 Å². The molecule has 3 heterocycles. The van der Waals surface area contributed by atoms with Gasteiger partial charge in [-0.1, -0.05) is 63.3 Å². The van der Waals surface area contributed by atoms with Crippen LogP contribution in [-0.2, 0) is 6.54 Å². The molecule has 0 N–H and O–H groups in total. The van der Waals surface area contributed by atoms with Gasteiger partial charge in [0.05, 0.1) is 16.6 Å². The van der Waals surface area contributed by atoms with E-state index >= 15 is 0 Å². The number of unbranched alkanes of at least 4 members (excludes halogenated alkanes) is 5. The Morgan fingerprint density at radius 1 is 0.833 bits per heavy atom. The van der Waals surface area contributed by atoms with Crippen LogP contribution < -0.4 is 0 Å². The van der Waals surface area contributed by atoms with Crippen LogP contribution >= 0.6 is 11.3 Å². The van der Waals surface area contributed by atoms with Crippen LogP contribution in [0, 0.1) is 0 Å². The number of fused-ring (bicyclic) bond motifs is 4. The van der Waals surface area contributed by atoms with E-state index in [9.17, 15) is 0 Å². The Morgan fingerprint density at radius 2 is 1.63 bits per heavy atom. The van der Waals surface area contributed by atoms with Crippen molar-refractivity contribution >= 4 is 44.4 Å². The van der Waals surface area contributed by atoms with Crippen molar-refractivity contribution in [2.75, 3.05) is 0 Å². The van der Waals surface area contributed by atoms with Crippen LogP contribution in [0.25, 0.3) is 43.5 Å². The van der Waals surface area contributed by atoms with Crippen molar-refractivity contribution in [1.29, 1.82) is 0 Å². The quantitative estimate of drug-likeness (QED) is 0.243. The van der Waals surface area contributed by atoms with E-state index in [-0.39, 0.29) is 0 Å². The van der Waals surface area contributed by atoms with E-state index in [4.69, 9.17) is 9.97 Å². The first-order valence-corrected chi connectivity index (χ1v) is 12.0. The third-order valence-electron chi connectivity index (χ3n) is 5.89. The Bertz CT molecular complexity index is 1280. The number of hydrogen-bond donors (Lipinski definition) is 0. The van der Waals surface area contributed by atoms with Crippen molar-refractivity contribution in [3.63, 3.8) is 0 Å². The molecule has 5 rings (SSSR count). The number of thiophene rings is 1. The van der Waals surface area contributed by atoms with Crippen molar-refractivity contribution in [3.8, 4) is 10.4 Å². The molecule has 0 fully saturated rings. The van der Waals surface area contributed by atoms with Gasteiger partial charge in [0, 0.05) is 16.8 Å². The van der Waals surface area contributed by atoms with Gasteiger partial charge in [-0.15, -0.1) is 11.3 Å². The lowest BCUT2D eigenvalue weighted by molar-refractivity contribution is 0.570. The highest BCUT2D eigenvalue weighted by Gasteiger charge is 2.15. The minimum absolute atomic E-state index is 0.964. The Hall–Kier alpha value is -2.72. The Morgan fingerprint density at radius 3 is 2.43 bits per heavy atom. The largest absolute Gasteiger partial charge is 0.324 e. The number of aryl methyl sites for hydroxylation is 1. The minimum atomic E-state index is 0.964. The highest BCUT2D eigenvalue weighted by molar-refractivity contribution is 7.13. The molecular formula is C26H27N3S. The molecule has 0 aliphatic heterocycles. The first kappa shape index (κ1) is 19.3. The maximum Gasteiger partial charge on any atom is 0.160 e. The second-order valence-electron chi connectivity index (χ2n) is 8.01. The summed E-state index contributed by atoms with van der Waals surface area (Å²) in [4.78, 5) is 11.4. The molecule has 0 bridgehead atoms. The molecule has 0 spiro atoms. The molecule has 5 aromatic rings. The highest BCUT2D eigenvalue weighted by Crippen LogP contribution is 2.33. The van der Waals surface area contributed by atoms with Crippen LogP contribution in [0.4, 0.5) is 0 Å². The molecule has 0 unspecified atom stereocenters. The number of aromatic nitrogens is 3. The predicted molar refractivity (Wildman–Crippen MR) is 129 cm³/mol. The number of nitrogens with zero attached hydrogens (tertiary/aromatic N) is 3. The van der Waals surface area contributed by atoms with Gasteiger partial charge >= 0.3 is 0 Å². The Kier molecular flexibility index (Phi) is 5.50. The zero-order valence-electron chi connectivity index (χ0n) is 17.5. The van der Waals surface area contributed by atoms with E-state index in [1.807, 2.05) is 12.1 Å². The molecule has 152 valence electrons. The highest BCUT2D eigenvalue weighted by atomic mass is 32.1. The summed E-state index contributed by atoms with van der Waals surface area (Å²) < 4.78 is 2.40. The molecule has 0 atom stereocenters. The van der Waals surface area contributed by atoms with Crippen molar-refractivity contribution in [2.45, 2.75) is 52.0 Å². The molecule has 4 heteroatoms. The smallest absolute Gasteiger partial charge is 0.160 e. The van der Waals surface area contributed by atoms with Crippen molar-refractivity contribution in [1.82, 2.24) is 14.5 Å². The zero-order valence-corrected chi connectivity index (χ0v) is 18.3. The molecule has 0 aliphatic rings. The lowest BCUT2D eigenvalue weighted by atomic mass is 10.1. The van der Waals surface area contributed by atoms with E-state index in [1.54, 1.807) is 11.3 Å². The Balaban J connectivity index is 1.60. The molecule has 0 saturated heterocycles. The van der Waals surface area contributed by atoms with Gasteiger partial charge in [-0.25, -0.2) is 9.97 Å². The van der Waals surface area contributed by atoms with Gasteiger partial charge in [-0.3, -0.25) is 0 Å². The fraction of sp³-hybridized carbons (Fsp3) is 0.308. The van der Waals surface area contributed by atoms with Gasteiger partial charge in [0.2, 0.25) is 0 Å².